The number of nitrogens with zero attached hydrogens (tertiary/aromatic N) is 2. The van der Waals surface area contributed by atoms with E-state index < -0.39 is 11.6 Å². The molecule has 0 amide bonds. The van der Waals surface area contributed by atoms with E-state index in [1.165, 1.54) is 12.1 Å². The third-order valence-electron chi connectivity index (χ3n) is 2.76. The van der Waals surface area contributed by atoms with Gasteiger partial charge in [-0.2, -0.15) is 5.10 Å². The minimum atomic E-state index is -0.718. The number of rotatable bonds is 5. The minimum absolute atomic E-state index is 0.0638. The lowest BCUT2D eigenvalue weighted by atomic mass is 10.1. The fraction of sp³-hybridized carbons (Fsp3) is 0.357. The van der Waals surface area contributed by atoms with Crippen molar-refractivity contribution < 1.29 is 13.5 Å². The van der Waals surface area contributed by atoms with Gasteiger partial charge in [0.05, 0.1) is 6.20 Å². The molecule has 0 saturated heterocycles. The first-order valence-electron chi connectivity index (χ1n) is 6.29. The predicted molar refractivity (Wildman–Crippen MR) is 71.3 cm³/mol. The second-order valence-electron chi connectivity index (χ2n) is 4.88. The molecular weight excluding hydrogens is 264 g/mol. The van der Waals surface area contributed by atoms with Crippen molar-refractivity contribution in [3.8, 4) is 5.75 Å². The monoisotopic (exact) mass is 281 g/mol. The van der Waals surface area contributed by atoms with E-state index in [0.717, 1.165) is 5.56 Å². The highest BCUT2D eigenvalue weighted by Crippen LogP contribution is 2.24. The van der Waals surface area contributed by atoms with E-state index in [4.69, 9.17) is 10.5 Å². The van der Waals surface area contributed by atoms with Crippen LogP contribution in [-0.2, 0) is 20.1 Å². The Morgan fingerprint density at radius 1 is 1.30 bits per heavy atom. The smallest absolute Gasteiger partial charge is 0.191 e. The summed E-state index contributed by atoms with van der Waals surface area (Å²) in [7, 11) is 1.76. The molecule has 0 fully saturated rings. The van der Waals surface area contributed by atoms with E-state index >= 15 is 0 Å². The van der Waals surface area contributed by atoms with E-state index in [9.17, 15) is 8.78 Å². The third-order valence-corrected chi connectivity index (χ3v) is 2.76. The summed E-state index contributed by atoms with van der Waals surface area (Å²) in [5, 5.41) is 3.96. The van der Waals surface area contributed by atoms with Gasteiger partial charge in [-0.15, -0.1) is 0 Å². The third kappa shape index (κ3) is 3.54. The van der Waals surface area contributed by atoms with Gasteiger partial charge in [0.15, 0.2) is 17.4 Å². The molecule has 4 nitrogen and oxygen atoms in total. The second kappa shape index (κ2) is 6.00. The summed E-state index contributed by atoms with van der Waals surface area (Å²) in [6, 6.07) is 2.35. The number of ether oxygens (including phenoxy) is 1. The molecule has 2 aromatic rings. The van der Waals surface area contributed by atoms with Crippen molar-refractivity contribution in [1.82, 2.24) is 9.78 Å². The Labute approximate surface area is 116 Å². The average Bonchev–Trinajstić information content (AvgIpc) is 2.73. The molecule has 1 aromatic carbocycles. The van der Waals surface area contributed by atoms with Crippen molar-refractivity contribution in [3.05, 3.63) is 47.3 Å². The lowest BCUT2D eigenvalue weighted by Gasteiger charge is -2.10. The van der Waals surface area contributed by atoms with Gasteiger partial charge < -0.3 is 10.5 Å². The fourth-order valence-corrected chi connectivity index (χ4v) is 1.94. The molecule has 1 unspecified atom stereocenters. The SMILES string of the molecule is CC(N)Cc1cc(F)c(OCc2cnn(C)c2)c(F)c1. The molecule has 0 spiro atoms. The number of benzene rings is 1. The Morgan fingerprint density at radius 2 is 1.95 bits per heavy atom. The summed E-state index contributed by atoms with van der Waals surface area (Å²) in [6.07, 6.45) is 3.72. The van der Waals surface area contributed by atoms with E-state index in [0.29, 0.717) is 12.0 Å². The van der Waals surface area contributed by atoms with Gasteiger partial charge in [0.25, 0.3) is 0 Å². The molecule has 0 saturated carbocycles. The first-order chi connectivity index (χ1) is 9.45. The zero-order valence-electron chi connectivity index (χ0n) is 11.4. The maximum atomic E-state index is 13.8. The first kappa shape index (κ1) is 14.5. The molecule has 0 aliphatic rings. The Morgan fingerprint density at radius 3 is 2.45 bits per heavy atom. The molecular formula is C14H17F2N3O. The lowest BCUT2D eigenvalue weighted by Crippen LogP contribution is -2.18. The van der Waals surface area contributed by atoms with Crippen LogP contribution in [0.25, 0.3) is 0 Å². The predicted octanol–water partition coefficient (Wildman–Crippen LogP) is 2.17. The normalized spacial score (nSPS) is 12.4. The van der Waals surface area contributed by atoms with Gasteiger partial charge in [-0.1, -0.05) is 0 Å². The first-order valence-corrected chi connectivity index (χ1v) is 6.29. The van der Waals surface area contributed by atoms with Crippen LogP contribution < -0.4 is 10.5 Å². The molecule has 0 radical (unpaired) electrons. The van der Waals surface area contributed by atoms with Gasteiger partial charge >= 0.3 is 0 Å². The van der Waals surface area contributed by atoms with Gasteiger partial charge in [0.2, 0.25) is 0 Å². The molecule has 20 heavy (non-hydrogen) atoms. The van der Waals surface area contributed by atoms with Crippen LogP contribution in [0, 0.1) is 11.6 Å². The van der Waals surface area contributed by atoms with Crippen LogP contribution >= 0.6 is 0 Å². The van der Waals surface area contributed by atoms with Crippen molar-refractivity contribution in [3.63, 3.8) is 0 Å². The molecule has 2 N–H and O–H groups in total. The summed E-state index contributed by atoms with van der Waals surface area (Å²) in [4.78, 5) is 0. The van der Waals surface area contributed by atoms with Gasteiger partial charge in [0, 0.05) is 24.8 Å². The molecule has 6 heteroatoms. The summed E-state index contributed by atoms with van der Waals surface area (Å²) < 4.78 is 34.5. The summed E-state index contributed by atoms with van der Waals surface area (Å²) in [5.74, 6) is -1.81. The standard InChI is InChI=1S/C14H17F2N3O/c1-9(17)3-10-4-12(15)14(13(16)5-10)20-8-11-6-18-19(2)7-11/h4-7,9H,3,8,17H2,1-2H3. The molecule has 1 heterocycles. The van der Waals surface area contributed by atoms with Crippen LogP contribution in [0.15, 0.2) is 24.5 Å². The van der Waals surface area contributed by atoms with Crippen LogP contribution in [-0.4, -0.2) is 15.8 Å². The van der Waals surface area contributed by atoms with Crippen LogP contribution in [0.5, 0.6) is 5.75 Å². The molecule has 2 rings (SSSR count). The van der Waals surface area contributed by atoms with E-state index in [2.05, 4.69) is 5.10 Å². The molecule has 1 atom stereocenters. The minimum Gasteiger partial charge on any atom is -0.483 e. The van der Waals surface area contributed by atoms with E-state index in [-0.39, 0.29) is 18.4 Å². The Bertz CT molecular complexity index is 573. The number of aryl methyl sites for hydroxylation is 1. The summed E-state index contributed by atoms with van der Waals surface area (Å²) in [6.45, 7) is 1.84. The fourth-order valence-electron chi connectivity index (χ4n) is 1.94. The largest absolute Gasteiger partial charge is 0.483 e. The topological polar surface area (TPSA) is 53.1 Å². The van der Waals surface area contributed by atoms with E-state index in [1.807, 2.05) is 0 Å². The molecule has 108 valence electrons. The van der Waals surface area contributed by atoms with E-state index in [1.54, 1.807) is 31.0 Å². The van der Waals surface area contributed by atoms with Gasteiger partial charge in [0.1, 0.15) is 6.61 Å². The van der Waals surface area contributed by atoms with Crippen molar-refractivity contribution in [1.29, 1.82) is 0 Å². The van der Waals surface area contributed by atoms with Crippen molar-refractivity contribution in [2.24, 2.45) is 12.8 Å². The van der Waals surface area contributed by atoms with Crippen LogP contribution in [0.4, 0.5) is 8.78 Å². The van der Waals surface area contributed by atoms with Gasteiger partial charge in [-0.05, 0) is 31.0 Å². The van der Waals surface area contributed by atoms with Crippen LogP contribution in [0.2, 0.25) is 0 Å². The van der Waals surface area contributed by atoms with Gasteiger partial charge in [-0.25, -0.2) is 8.78 Å². The van der Waals surface area contributed by atoms with Crippen molar-refractivity contribution >= 4 is 0 Å². The molecule has 0 bridgehead atoms. The molecule has 1 aromatic heterocycles. The maximum Gasteiger partial charge on any atom is 0.191 e. The number of halogens is 2. The summed E-state index contributed by atoms with van der Waals surface area (Å²) >= 11 is 0. The second-order valence-corrected chi connectivity index (χ2v) is 4.88. The van der Waals surface area contributed by atoms with Crippen LogP contribution in [0.1, 0.15) is 18.1 Å². The zero-order chi connectivity index (χ0) is 14.7. The van der Waals surface area contributed by atoms with Crippen LogP contribution in [0.3, 0.4) is 0 Å². The van der Waals surface area contributed by atoms with Gasteiger partial charge in [-0.3, -0.25) is 4.68 Å². The Hall–Kier alpha value is -1.95. The molecule has 0 aliphatic carbocycles. The number of hydrogen-bond donors (Lipinski definition) is 1. The Kier molecular flexibility index (Phi) is 4.34. The Balaban J connectivity index is 2.11. The number of hydrogen-bond acceptors (Lipinski definition) is 3. The van der Waals surface area contributed by atoms with Crippen molar-refractivity contribution in [2.75, 3.05) is 0 Å². The number of aromatic nitrogens is 2. The number of nitrogens with two attached hydrogens (primary N) is 1. The quantitative estimate of drug-likeness (QED) is 0.913. The molecule has 0 aliphatic heterocycles. The zero-order valence-corrected chi connectivity index (χ0v) is 11.4. The lowest BCUT2D eigenvalue weighted by molar-refractivity contribution is 0.273. The highest BCUT2D eigenvalue weighted by atomic mass is 19.1. The average molecular weight is 281 g/mol. The maximum absolute atomic E-state index is 13.8. The highest BCUT2D eigenvalue weighted by Gasteiger charge is 2.14. The van der Waals surface area contributed by atoms with Crippen molar-refractivity contribution in [2.45, 2.75) is 26.0 Å². The summed E-state index contributed by atoms with van der Waals surface area (Å²) in [5.41, 5.74) is 6.87. The highest BCUT2D eigenvalue weighted by molar-refractivity contribution is 5.32.